The number of anilines is 1. The van der Waals surface area contributed by atoms with E-state index >= 15 is 4.39 Å². The lowest BCUT2D eigenvalue weighted by Gasteiger charge is -2.34. The number of carbonyl (C=O) groups is 4. The SMILES string of the molecule is CCC(=O)N[C@H](Cc1ccc(NC(=O)[C@@H](NC(=O)C(F)(F)c2ccncc2)C2CCCCC2)c(F)c1)C(=O)N1CCN(C)CC1. The van der Waals surface area contributed by atoms with Crippen LogP contribution in [0.5, 0.6) is 0 Å². The van der Waals surface area contributed by atoms with Crippen molar-refractivity contribution in [2.75, 3.05) is 38.5 Å². The van der Waals surface area contributed by atoms with Crippen molar-refractivity contribution in [1.82, 2.24) is 25.4 Å². The Kier molecular flexibility index (Phi) is 11.5. The number of rotatable bonds is 11. The second-order valence-electron chi connectivity index (χ2n) is 11.8. The third-order valence-electron chi connectivity index (χ3n) is 8.52. The van der Waals surface area contributed by atoms with Crippen molar-refractivity contribution in [2.24, 2.45) is 5.92 Å². The van der Waals surface area contributed by atoms with Gasteiger partial charge in [0, 0.05) is 57.0 Å². The quantitative estimate of drug-likeness (QED) is 0.351. The van der Waals surface area contributed by atoms with Gasteiger partial charge in [-0.1, -0.05) is 32.3 Å². The molecule has 2 aromatic rings. The lowest BCUT2D eigenvalue weighted by molar-refractivity contribution is -0.149. The van der Waals surface area contributed by atoms with E-state index in [-0.39, 0.29) is 30.3 Å². The molecule has 0 radical (unpaired) electrons. The average molecular weight is 631 g/mol. The summed E-state index contributed by atoms with van der Waals surface area (Å²) in [5.74, 6) is -8.10. The van der Waals surface area contributed by atoms with Crippen LogP contribution in [0.2, 0.25) is 0 Å². The summed E-state index contributed by atoms with van der Waals surface area (Å²) < 4.78 is 45.3. The first-order chi connectivity index (χ1) is 21.5. The fourth-order valence-corrected chi connectivity index (χ4v) is 5.77. The Morgan fingerprint density at radius 1 is 0.978 bits per heavy atom. The van der Waals surface area contributed by atoms with Crippen LogP contribution in [0.3, 0.4) is 0 Å². The summed E-state index contributed by atoms with van der Waals surface area (Å²) in [6.07, 6.45) is 6.09. The van der Waals surface area contributed by atoms with Gasteiger partial charge in [-0.3, -0.25) is 24.2 Å². The predicted molar refractivity (Wildman–Crippen MR) is 162 cm³/mol. The molecule has 1 aliphatic heterocycles. The minimum atomic E-state index is -3.91. The van der Waals surface area contributed by atoms with Crippen LogP contribution in [0.15, 0.2) is 42.7 Å². The molecular weight excluding hydrogens is 589 g/mol. The standard InChI is InChI=1S/C32H41F3N6O4/c1-3-27(42)37-26(30(44)41-17-15-40(2)16-18-41)20-21-9-10-25(24(33)19-21)38-29(43)28(22-7-5-4-6-8-22)39-31(45)32(34,35)23-11-13-36-14-12-23/h9-14,19,22,26,28H,3-8,15-18,20H2,1-2H3,(H,37,42)(H,38,43)(H,39,45)/t26-,28+/m1/s1. The molecule has 45 heavy (non-hydrogen) atoms. The number of nitrogens with zero attached hydrogens (tertiary/aromatic N) is 3. The Bertz CT molecular complexity index is 1350. The summed E-state index contributed by atoms with van der Waals surface area (Å²) in [5.41, 5.74) is -0.332. The molecule has 1 aliphatic carbocycles. The number of halogens is 3. The third-order valence-corrected chi connectivity index (χ3v) is 8.52. The monoisotopic (exact) mass is 630 g/mol. The van der Waals surface area contributed by atoms with Crippen molar-refractivity contribution in [3.63, 3.8) is 0 Å². The third kappa shape index (κ3) is 8.80. The van der Waals surface area contributed by atoms with Crippen LogP contribution in [0.4, 0.5) is 18.9 Å². The van der Waals surface area contributed by atoms with Gasteiger partial charge < -0.3 is 25.8 Å². The Hall–Kier alpha value is -4.00. The van der Waals surface area contributed by atoms with Crippen LogP contribution in [0.1, 0.15) is 56.6 Å². The maximum Gasteiger partial charge on any atom is 0.349 e. The number of likely N-dealkylation sites (N-methyl/N-ethyl adjacent to an activating group) is 1. The number of aromatic nitrogens is 1. The van der Waals surface area contributed by atoms with Gasteiger partial charge in [0.15, 0.2) is 0 Å². The number of pyridine rings is 1. The largest absolute Gasteiger partial charge is 0.349 e. The lowest BCUT2D eigenvalue weighted by atomic mass is 9.83. The highest BCUT2D eigenvalue weighted by atomic mass is 19.3. The molecule has 2 aliphatic rings. The van der Waals surface area contributed by atoms with Gasteiger partial charge >= 0.3 is 5.92 Å². The van der Waals surface area contributed by atoms with E-state index in [1.807, 2.05) is 7.05 Å². The maximum absolute atomic E-state index is 15.4. The zero-order valence-corrected chi connectivity index (χ0v) is 25.7. The van der Waals surface area contributed by atoms with Crippen molar-refractivity contribution in [1.29, 1.82) is 0 Å². The second-order valence-corrected chi connectivity index (χ2v) is 11.8. The lowest BCUT2D eigenvalue weighted by Crippen LogP contribution is -2.54. The normalized spacial score (nSPS) is 17.7. The summed E-state index contributed by atoms with van der Waals surface area (Å²) in [4.78, 5) is 59.2. The molecule has 1 saturated heterocycles. The van der Waals surface area contributed by atoms with Gasteiger partial charge in [-0.05, 0) is 55.6 Å². The molecule has 0 bridgehead atoms. The van der Waals surface area contributed by atoms with E-state index in [2.05, 4.69) is 25.8 Å². The predicted octanol–water partition coefficient (Wildman–Crippen LogP) is 3.23. The minimum absolute atomic E-state index is 0.0346. The Balaban J connectivity index is 1.48. The molecule has 0 spiro atoms. The molecule has 0 unspecified atom stereocenters. The molecule has 4 rings (SSSR count). The molecule has 2 heterocycles. The van der Waals surface area contributed by atoms with E-state index < -0.39 is 47.1 Å². The van der Waals surface area contributed by atoms with E-state index in [4.69, 9.17) is 0 Å². The number of alkyl halides is 2. The Labute approximate surface area is 261 Å². The van der Waals surface area contributed by atoms with Gasteiger partial charge in [0.25, 0.3) is 5.91 Å². The number of benzene rings is 1. The van der Waals surface area contributed by atoms with Gasteiger partial charge in [-0.25, -0.2) is 4.39 Å². The fraction of sp³-hybridized carbons (Fsp3) is 0.531. The van der Waals surface area contributed by atoms with Crippen molar-refractivity contribution >= 4 is 29.3 Å². The highest BCUT2D eigenvalue weighted by Crippen LogP contribution is 2.31. The summed E-state index contributed by atoms with van der Waals surface area (Å²) in [7, 11) is 1.96. The molecule has 2 fully saturated rings. The van der Waals surface area contributed by atoms with Gasteiger partial charge in [-0.2, -0.15) is 8.78 Å². The van der Waals surface area contributed by atoms with E-state index in [1.54, 1.807) is 11.8 Å². The summed E-state index contributed by atoms with van der Waals surface area (Å²) in [5, 5.41) is 7.46. The molecular formula is C32H41F3N6O4. The van der Waals surface area contributed by atoms with Gasteiger partial charge in [0.2, 0.25) is 17.7 Å². The van der Waals surface area contributed by atoms with Gasteiger partial charge in [-0.15, -0.1) is 0 Å². The van der Waals surface area contributed by atoms with E-state index in [9.17, 15) is 28.0 Å². The molecule has 1 saturated carbocycles. The van der Waals surface area contributed by atoms with E-state index in [0.717, 1.165) is 43.8 Å². The Morgan fingerprint density at radius 3 is 2.27 bits per heavy atom. The number of piperazine rings is 1. The number of hydrogen-bond acceptors (Lipinski definition) is 6. The highest BCUT2D eigenvalue weighted by molar-refractivity contribution is 5.98. The van der Waals surface area contributed by atoms with Crippen molar-refractivity contribution < 1.29 is 32.3 Å². The smallest absolute Gasteiger partial charge is 0.344 e. The number of carbonyl (C=O) groups excluding carboxylic acids is 4. The molecule has 13 heteroatoms. The summed E-state index contributed by atoms with van der Waals surface area (Å²) in [6, 6.07) is 3.89. The first-order valence-electron chi connectivity index (χ1n) is 15.4. The second kappa shape index (κ2) is 15.3. The zero-order chi connectivity index (χ0) is 32.6. The van der Waals surface area contributed by atoms with E-state index in [1.165, 1.54) is 18.2 Å². The van der Waals surface area contributed by atoms with Crippen LogP contribution < -0.4 is 16.0 Å². The number of amides is 4. The topological polar surface area (TPSA) is 124 Å². The van der Waals surface area contributed by atoms with Crippen LogP contribution in [0, 0.1) is 11.7 Å². The van der Waals surface area contributed by atoms with Crippen LogP contribution in [0.25, 0.3) is 0 Å². The molecule has 1 aromatic heterocycles. The number of nitrogens with one attached hydrogen (secondary N) is 3. The average Bonchev–Trinajstić information content (AvgIpc) is 3.05. The van der Waals surface area contributed by atoms with Crippen LogP contribution in [-0.2, 0) is 31.5 Å². The summed E-state index contributed by atoms with van der Waals surface area (Å²) >= 11 is 0. The van der Waals surface area contributed by atoms with Crippen molar-refractivity contribution in [3.8, 4) is 0 Å². The van der Waals surface area contributed by atoms with Crippen molar-refractivity contribution in [2.45, 2.75) is 69.9 Å². The molecule has 244 valence electrons. The first-order valence-corrected chi connectivity index (χ1v) is 15.4. The van der Waals surface area contributed by atoms with Crippen molar-refractivity contribution in [3.05, 3.63) is 59.7 Å². The number of hydrogen-bond donors (Lipinski definition) is 3. The Morgan fingerprint density at radius 2 is 1.64 bits per heavy atom. The first kappa shape index (κ1) is 33.9. The molecule has 4 amide bonds. The fourth-order valence-electron chi connectivity index (χ4n) is 5.77. The molecule has 10 nitrogen and oxygen atoms in total. The molecule has 3 N–H and O–H groups in total. The summed E-state index contributed by atoms with van der Waals surface area (Å²) in [6.45, 7) is 4.10. The van der Waals surface area contributed by atoms with E-state index in [0.29, 0.717) is 44.6 Å². The van der Waals surface area contributed by atoms with Gasteiger partial charge in [0.05, 0.1) is 5.69 Å². The zero-order valence-electron chi connectivity index (χ0n) is 25.7. The molecule has 2 atom stereocenters. The minimum Gasteiger partial charge on any atom is -0.344 e. The van der Waals surface area contributed by atoms with Crippen LogP contribution >= 0.6 is 0 Å². The maximum atomic E-state index is 15.4. The highest BCUT2D eigenvalue weighted by Gasteiger charge is 2.44. The van der Waals surface area contributed by atoms with Crippen LogP contribution in [-0.4, -0.2) is 83.7 Å². The van der Waals surface area contributed by atoms with Gasteiger partial charge in [0.1, 0.15) is 17.9 Å². The molecule has 1 aromatic carbocycles.